The third-order valence-electron chi connectivity index (χ3n) is 4.01. The summed E-state index contributed by atoms with van der Waals surface area (Å²) in [5, 5.41) is 17.2. The predicted molar refractivity (Wildman–Crippen MR) is 106 cm³/mol. The standard InChI is InChI=1S/C20H22N4O4/c1-13(2)18(22-19(25)16-6-4-5-14(3)11-16)20(26)23-21-12-15-7-9-17(10-8-15)24(27)28/h4-13,18H,1-3H3,(H,22,25)(H,23,26)/t18-/m1/s1. The average molecular weight is 382 g/mol. The smallest absolute Gasteiger partial charge is 0.269 e. The highest BCUT2D eigenvalue weighted by Crippen LogP contribution is 2.11. The highest BCUT2D eigenvalue weighted by Gasteiger charge is 2.24. The van der Waals surface area contributed by atoms with Crippen molar-refractivity contribution in [1.82, 2.24) is 10.7 Å². The molecule has 8 heteroatoms. The van der Waals surface area contributed by atoms with Crippen LogP contribution in [0.2, 0.25) is 0 Å². The van der Waals surface area contributed by atoms with Crippen molar-refractivity contribution < 1.29 is 14.5 Å². The van der Waals surface area contributed by atoms with E-state index < -0.39 is 16.9 Å². The fourth-order valence-electron chi connectivity index (χ4n) is 2.47. The quantitative estimate of drug-likeness (QED) is 0.435. The van der Waals surface area contributed by atoms with Gasteiger partial charge < -0.3 is 5.32 Å². The zero-order chi connectivity index (χ0) is 20.7. The Labute approximate surface area is 162 Å². The molecule has 0 aromatic heterocycles. The summed E-state index contributed by atoms with van der Waals surface area (Å²) in [5.41, 5.74) is 4.39. The molecule has 0 heterocycles. The van der Waals surface area contributed by atoms with Crippen molar-refractivity contribution in [1.29, 1.82) is 0 Å². The number of non-ortho nitro benzene ring substituents is 1. The molecule has 0 saturated heterocycles. The molecule has 2 amide bonds. The van der Waals surface area contributed by atoms with Gasteiger partial charge in [-0.1, -0.05) is 31.5 Å². The molecule has 146 valence electrons. The Morgan fingerprint density at radius 2 is 1.82 bits per heavy atom. The summed E-state index contributed by atoms with van der Waals surface area (Å²) < 4.78 is 0. The zero-order valence-corrected chi connectivity index (χ0v) is 15.9. The maximum Gasteiger partial charge on any atom is 0.269 e. The third-order valence-corrected chi connectivity index (χ3v) is 4.01. The normalized spacial score (nSPS) is 12.0. The van der Waals surface area contributed by atoms with Crippen molar-refractivity contribution in [3.05, 3.63) is 75.3 Å². The first kappa shape index (κ1) is 20.8. The summed E-state index contributed by atoms with van der Waals surface area (Å²) in [6.45, 7) is 5.53. The molecule has 0 aliphatic carbocycles. The molecule has 2 aromatic carbocycles. The first-order valence-corrected chi connectivity index (χ1v) is 8.73. The van der Waals surface area contributed by atoms with Crippen LogP contribution in [0.4, 0.5) is 5.69 Å². The molecule has 2 aromatic rings. The molecule has 0 saturated carbocycles. The number of amides is 2. The molecule has 2 N–H and O–H groups in total. The van der Waals surface area contributed by atoms with Gasteiger partial charge in [0.05, 0.1) is 11.1 Å². The fourth-order valence-corrected chi connectivity index (χ4v) is 2.47. The van der Waals surface area contributed by atoms with Gasteiger partial charge in [0, 0.05) is 17.7 Å². The maximum absolute atomic E-state index is 12.4. The van der Waals surface area contributed by atoms with Crippen molar-refractivity contribution in [2.45, 2.75) is 26.8 Å². The molecular weight excluding hydrogens is 360 g/mol. The molecule has 0 aliphatic heterocycles. The SMILES string of the molecule is Cc1cccc(C(=O)N[C@@H](C(=O)NN=Cc2ccc([N+](=O)[O-])cc2)C(C)C)c1. The monoisotopic (exact) mass is 382 g/mol. The van der Waals surface area contributed by atoms with Crippen molar-refractivity contribution in [3.8, 4) is 0 Å². The molecule has 0 radical (unpaired) electrons. The Bertz CT molecular complexity index is 891. The second kappa shape index (κ2) is 9.40. The number of hydrogen-bond acceptors (Lipinski definition) is 5. The first-order chi connectivity index (χ1) is 13.3. The van der Waals surface area contributed by atoms with E-state index in [4.69, 9.17) is 0 Å². The van der Waals surface area contributed by atoms with E-state index in [1.54, 1.807) is 18.2 Å². The molecule has 0 spiro atoms. The van der Waals surface area contributed by atoms with E-state index in [2.05, 4.69) is 15.8 Å². The van der Waals surface area contributed by atoms with Crippen LogP contribution in [-0.2, 0) is 4.79 Å². The first-order valence-electron chi connectivity index (χ1n) is 8.73. The molecule has 0 fully saturated rings. The molecule has 8 nitrogen and oxygen atoms in total. The molecular formula is C20H22N4O4. The highest BCUT2D eigenvalue weighted by molar-refractivity contribution is 5.97. The van der Waals surface area contributed by atoms with E-state index in [0.717, 1.165) is 5.56 Å². The second-order valence-electron chi connectivity index (χ2n) is 6.65. The summed E-state index contributed by atoms with van der Waals surface area (Å²) >= 11 is 0. The maximum atomic E-state index is 12.4. The van der Waals surface area contributed by atoms with Crippen LogP contribution >= 0.6 is 0 Å². The molecule has 2 rings (SSSR count). The van der Waals surface area contributed by atoms with Crippen LogP contribution in [0.1, 0.15) is 35.3 Å². The number of rotatable bonds is 7. The highest BCUT2D eigenvalue weighted by atomic mass is 16.6. The van der Waals surface area contributed by atoms with Gasteiger partial charge in [-0.3, -0.25) is 19.7 Å². The molecule has 0 bridgehead atoms. The summed E-state index contributed by atoms with van der Waals surface area (Å²) in [5.74, 6) is -0.936. The van der Waals surface area contributed by atoms with Crippen molar-refractivity contribution >= 4 is 23.7 Å². The number of benzene rings is 2. The Hall–Kier alpha value is -3.55. The predicted octanol–water partition coefficient (Wildman–Crippen LogP) is 2.81. The van der Waals surface area contributed by atoms with Crippen LogP contribution in [0.25, 0.3) is 0 Å². The molecule has 1 atom stereocenters. The van der Waals surface area contributed by atoms with E-state index in [1.807, 2.05) is 26.8 Å². The van der Waals surface area contributed by atoms with Gasteiger partial charge in [0.15, 0.2) is 0 Å². The number of nitro groups is 1. The number of nitrogens with one attached hydrogen (secondary N) is 2. The summed E-state index contributed by atoms with van der Waals surface area (Å²) in [7, 11) is 0. The van der Waals surface area contributed by atoms with Gasteiger partial charge in [0.25, 0.3) is 17.5 Å². The molecule has 28 heavy (non-hydrogen) atoms. The Balaban J connectivity index is 2.00. The Morgan fingerprint density at radius 1 is 1.14 bits per heavy atom. The van der Waals surface area contributed by atoms with E-state index in [1.165, 1.54) is 30.5 Å². The number of carbonyl (C=O) groups is 2. The summed E-state index contributed by atoms with van der Waals surface area (Å²) in [6, 6.07) is 12.1. The number of hydrazone groups is 1. The number of nitrogens with zero attached hydrogens (tertiary/aromatic N) is 2. The minimum Gasteiger partial charge on any atom is -0.340 e. The van der Waals surface area contributed by atoms with Crippen LogP contribution in [0.3, 0.4) is 0 Å². The van der Waals surface area contributed by atoms with Gasteiger partial charge in [-0.25, -0.2) is 5.43 Å². The van der Waals surface area contributed by atoms with Crippen molar-refractivity contribution in [3.63, 3.8) is 0 Å². The van der Waals surface area contributed by atoms with E-state index in [9.17, 15) is 19.7 Å². The van der Waals surface area contributed by atoms with Gasteiger partial charge >= 0.3 is 0 Å². The number of hydrogen-bond donors (Lipinski definition) is 2. The van der Waals surface area contributed by atoms with E-state index in [-0.39, 0.29) is 17.5 Å². The lowest BCUT2D eigenvalue weighted by molar-refractivity contribution is -0.384. The van der Waals surface area contributed by atoms with E-state index in [0.29, 0.717) is 11.1 Å². The van der Waals surface area contributed by atoms with Crippen LogP contribution < -0.4 is 10.7 Å². The van der Waals surface area contributed by atoms with Gasteiger partial charge in [0.2, 0.25) is 0 Å². The van der Waals surface area contributed by atoms with Crippen molar-refractivity contribution in [2.24, 2.45) is 11.0 Å². The Kier molecular flexibility index (Phi) is 6.97. The minimum atomic E-state index is -0.762. The molecule has 0 aliphatic rings. The Morgan fingerprint density at radius 3 is 2.39 bits per heavy atom. The lowest BCUT2D eigenvalue weighted by Gasteiger charge is -2.20. The zero-order valence-electron chi connectivity index (χ0n) is 15.9. The lowest BCUT2D eigenvalue weighted by Crippen LogP contribution is -2.48. The number of nitro benzene ring substituents is 1. The summed E-state index contributed by atoms with van der Waals surface area (Å²) in [6.07, 6.45) is 1.38. The number of carbonyl (C=O) groups excluding carboxylic acids is 2. The van der Waals surface area contributed by atoms with Crippen LogP contribution in [0.15, 0.2) is 53.6 Å². The van der Waals surface area contributed by atoms with Gasteiger partial charge in [-0.15, -0.1) is 0 Å². The third kappa shape index (κ3) is 5.73. The number of aryl methyl sites for hydroxylation is 1. The van der Waals surface area contributed by atoms with Gasteiger partial charge in [-0.2, -0.15) is 5.10 Å². The fraction of sp³-hybridized carbons (Fsp3) is 0.250. The lowest BCUT2D eigenvalue weighted by atomic mass is 10.0. The summed E-state index contributed by atoms with van der Waals surface area (Å²) in [4.78, 5) is 35.0. The molecule has 0 unspecified atom stereocenters. The minimum absolute atomic E-state index is 0.0279. The van der Waals surface area contributed by atoms with E-state index >= 15 is 0 Å². The van der Waals surface area contributed by atoms with Gasteiger partial charge in [0.1, 0.15) is 6.04 Å². The van der Waals surface area contributed by atoms with Crippen LogP contribution in [-0.4, -0.2) is 29.0 Å². The van der Waals surface area contributed by atoms with Crippen LogP contribution in [0, 0.1) is 23.0 Å². The average Bonchev–Trinajstić information content (AvgIpc) is 2.65. The van der Waals surface area contributed by atoms with Crippen LogP contribution in [0.5, 0.6) is 0 Å². The van der Waals surface area contributed by atoms with Gasteiger partial charge in [-0.05, 0) is 42.7 Å². The van der Waals surface area contributed by atoms with Crippen molar-refractivity contribution in [2.75, 3.05) is 0 Å². The largest absolute Gasteiger partial charge is 0.340 e. The second-order valence-corrected chi connectivity index (χ2v) is 6.65. The topological polar surface area (TPSA) is 114 Å².